The molecule has 1 aromatic rings. The molecular formula is C6H10F2N4. The zero-order valence-corrected chi connectivity index (χ0v) is 6.91. The maximum atomic E-state index is 11.9. The van der Waals surface area contributed by atoms with Crippen LogP contribution in [0, 0.1) is 0 Å². The molecule has 1 rings (SSSR count). The van der Waals surface area contributed by atoms with Gasteiger partial charge in [-0.2, -0.15) is 0 Å². The van der Waals surface area contributed by atoms with Gasteiger partial charge in [0, 0.05) is 5.92 Å². The van der Waals surface area contributed by atoms with Crippen molar-refractivity contribution in [2.24, 2.45) is 0 Å². The SMILES string of the molecule is CC(C)c1nnnn1CC(F)F. The number of hydrogen-bond donors (Lipinski definition) is 0. The Morgan fingerprint density at radius 1 is 1.42 bits per heavy atom. The van der Waals surface area contributed by atoms with Gasteiger partial charge < -0.3 is 0 Å². The van der Waals surface area contributed by atoms with Crippen LogP contribution in [-0.2, 0) is 6.54 Å². The van der Waals surface area contributed by atoms with E-state index < -0.39 is 13.0 Å². The molecule has 1 heterocycles. The van der Waals surface area contributed by atoms with E-state index in [-0.39, 0.29) is 5.92 Å². The summed E-state index contributed by atoms with van der Waals surface area (Å²) in [6.07, 6.45) is -2.41. The molecule has 6 heteroatoms. The largest absolute Gasteiger partial charge is 0.258 e. The molecular weight excluding hydrogens is 166 g/mol. The first-order valence-electron chi connectivity index (χ1n) is 3.65. The van der Waals surface area contributed by atoms with Crippen LogP contribution in [0.3, 0.4) is 0 Å². The van der Waals surface area contributed by atoms with Crippen molar-refractivity contribution in [2.75, 3.05) is 0 Å². The number of alkyl halides is 2. The van der Waals surface area contributed by atoms with Crippen LogP contribution in [0.15, 0.2) is 0 Å². The van der Waals surface area contributed by atoms with Crippen molar-refractivity contribution < 1.29 is 8.78 Å². The van der Waals surface area contributed by atoms with Crippen LogP contribution < -0.4 is 0 Å². The summed E-state index contributed by atoms with van der Waals surface area (Å²) in [6, 6.07) is 0. The maximum absolute atomic E-state index is 11.9. The fraction of sp³-hybridized carbons (Fsp3) is 0.833. The Kier molecular flexibility index (Phi) is 2.67. The number of halogens is 2. The van der Waals surface area contributed by atoms with Crippen molar-refractivity contribution in [3.63, 3.8) is 0 Å². The minimum atomic E-state index is -2.41. The average molecular weight is 176 g/mol. The number of tetrazole rings is 1. The lowest BCUT2D eigenvalue weighted by Crippen LogP contribution is -2.12. The van der Waals surface area contributed by atoms with E-state index >= 15 is 0 Å². The van der Waals surface area contributed by atoms with Gasteiger partial charge in [0.05, 0.1) is 0 Å². The standard InChI is InChI=1S/C6H10F2N4/c1-4(2)6-9-10-11-12(6)3-5(7)8/h4-5H,3H2,1-2H3. The molecule has 68 valence electrons. The highest BCUT2D eigenvalue weighted by Crippen LogP contribution is 2.10. The molecule has 0 saturated heterocycles. The van der Waals surface area contributed by atoms with Crippen molar-refractivity contribution in [1.29, 1.82) is 0 Å². The summed E-state index contributed by atoms with van der Waals surface area (Å²) in [6.45, 7) is 3.28. The molecule has 0 fully saturated rings. The third-order valence-electron chi connectivity index (χ3n) is 1.39. The van der Waals surface area contributed by atoms with E-state index in [4.69, 9.17) is 0 Å². The van der Waals surface area contributed by atoms with Gasteiger partial charge in [-0.25, -0.2) is 13.5 Å². The van der Waals surface area contributed by atoms with E-state index in [1.165, 1.54) is 0 Å². The predicted molar refractivity (Wildman–Crippen MR) is 37.9 cm³/mol. The van der Waals surface area contributed by atoms with E-state index in [1.807, 2.05) is 13.8 Å². The van der Waals surface area contributed by atoms with Crippen LogP contribution in [0.4, 0.5) is 8.78 Å². The molecule has 0 amide bonds. The van der Waals surface area contributed by atoms with Gasteiger partial charge in [0.15, 0.2) is 5.82 Å². The molecule has 0 bridgehead atoms. The molecule has 4 nitrogen and oxygen atoms in total. The normalized spacial score (nSPS) is 11.5. The smallest absolute Gasteiger partial charge is 0.224 e. The Hall–Kier alpha value is -1.07. The molecule has 0 saturated carbocycles. The Labute approximate surface area is 68.6 Å². The first-order valence-corrected chi connectivity index (χ1v) is 3.65. The molecule has 0 unspecified atom stereocenters. The first kappa shape index (κ1) is 9.02. The highest BCUT2D eigenvalue weighted by atomic mass is 19.3. The van der Waals surface area contributed by atoms with Crippen molar-refractivity contribution in [3.05, 3.63) is 5.82 Å². The lowest BCUT2D eigenvalue weighted by molar-refractivity contribution is 0.119. The zero-order chi connectivity index (χ0) is 9.14. The number of hydrogen-bond acceptors (Lipinski definition) is 3. The summed E-state index contributed by atoms with van der Waals surface area (Å²) < 4.78 is 25.0. The van der Waals surface area contributed by atoms with Gasteiger partial charge in [0.2, 0.25) is 0 Å². The molecule has 0 aliphatic rings. The van der Waals surface area contributed by atoms with Gasteiger partial charge in [-0.3, -0.25) is 0 Å². The minimum Gasteiger partial charge on any atom is -0.224 e. The Morgan fingerprint density at radius 3 is 2.58 bits per heavy atom. The quantitative estimate of drug-likeness (QED) is 0.691. The summed E-state index contributed by atoms with van der Waals surface area (Å²) in [5.74, 6) is 0.564. The van der Waals surface area contributed by atoms with Crippen molar-refractivity contribution in [1.82, 2.24) is 20.2 Å². The predicted octanol–water partition coefficient (Wildman–Crippen LogP) is 1.06. The third-order valence-corrected chi connectivity index (χ3v) is 1.39. The second-order valence-corrected chi connectivity index (χ2v) is 2.76. The molecule has 0 radical (unpaired) electrons. The number of aromatic nitrogens is 4. The second-order valence-electron chi connectivity index (χ2n) is 2.76. The van der Waals surface area contributed by atoms with Crippen LogP contribution in [0.25, 0.3) is 0 Å². The molecule has 12 heavy (non-hydrogen) atoms. The van der Waals surface area contributed by atoms with Crippen molar-refractivity contribution in [3.8, 4) is 0 Å². The van der Waals surface area contributed by atoms with E-state index in [9.17, 15) is 8.78 Å². The monoisotopic (exact) mass is 176 g/mol. The molecule has 0 aliphatic heterocycles. The van der Waals surface area contributed by atoms with Gasteiger partial charge >= 0.3 is 0 Å². The van der Waals surface area contributed by atoms with Crippen LogP contribution in [0.5, 0.6) is 0 Å². The van der Waals surface area contributed by atoms with Crippen molar-refractivity contribution >= 4 is 0 Å². The van der Waals surface area contributed by atoms with E-state index in [2.05, 4.69) is 15.5 Å². The third kappa shape index (κ3) is 1.96. The fourth-order valence-corrected chi connectivity index (χ4v) is 0.886. The second kappa shape index (κ2) is 3.55. The number of nitrogens with zero attached hydrogens (tertiary/aromatic N) is 4. The Bertz CT molecular complexity index is 245. The van der Waals surface area contributed by atoms with Gasteiger partial charge in [-0.15, -0.1) is 5.10 Å². The van der Waals surface area contributed by atoms with Crippen LogP contribution in [-0.4, -0.2) is 26.6 Å². The van der Waals surface area contributed by atoms with E-state index in [0.29, 0.717) is 5.82 Å². The fourth-order valence-electron chi connectivity index (χ4n) is 0.886. The molecule has 0 spiro atoms. The van der Waals surface area contributed by atoms with Crippen LogP contribution in [0.2, 0.25) is 0 Å². The first-order chi connectivity index (χ1) is 5.61. The van der Waals surface area contributed by atoms with Crippen LogP contribution in [0.1, 0.15) is 25.6 Å². The lowest BCUT2D eigenvalue weighted by atomic mass is 10.2. The molecule has 1 aromatic heterocycles. The minimum absolute atomic E-state index is 0.0683. The van der Waals surface area contributed by atoms with Gasteiger partial charge in [-0.1, -0.05) is 13.8 Å². The average Bonchev–Trinajstić information content (AvgIpc) is 2.33. The van der Waals surface area contributed by atoms with Gasteiger partial charge in [0.1, 0.15) is 6.54 Å². The summed E-state index contributed by atoms with van der Waals surface area (Å²) in [5.41, 5.74) is 0. The lowest BCUT2D eigenvalue weighted by Gasteiger charge is -2.04. The number of rotatable bonds is 3. The summed E-state index contributed by atoms with van der Waals surface area (Å²) in [7, 11) is 0. The summed E-state index contributed by atoms with van der Waals surface area (Å²) in [4.78, 5) is 0. The molecule has 0 aliphatic carbocycles. The summed E-state index contributed by atoms with van der Waals surface area (Å²) >= 11 is 0. The Balaban J connectivity index is 2.77. The van der Waals surface area contributed by atoms with E-state index in [1.54, 1.807) is 0 Å². The molecule has 0 aromatic carbocycles. The highest BCUT2D eigenvalue weighted by molar-refractivity contribution is 4.88. The molecule has 0 N–H and O–H groups in total. The van der Waals surface area contributed by atoms with Gasteiger partial charge in [0.25, 0.3) is 6.43 Å². The van der Waals surface area contributed by atoms with Crippen LogP contribution >= 0.6 is 0 Å². The summed E-state index contributed by atoms with van der Waals surface area (Å²) in [5, 5.41) is 10.4. The highest BCUT2D eigenvalue weighted by Gasteiger charge is 2.13. The van der Waals surface area contributed by atoms with Gasteiger partial charge in [-0.05, 0) is 10.4 Å². The van der Waals surface area contributed by atoms with E-state index in [0.717, 1.165) is 4.68 Å². The maximum Gasteiger partial charge on any atom is 0.258 e. The van der Waals surface area contributed by atoms with Crippen molar-refractivity contribution in [2.45, 2.75) is 32.7 Å². The topological polar surface area (TPSA) is 43.6 Å². The molecule has 0 atom stereocenters. The zero-order valence-electron chi connectivity index (χ0n) is 6.91. The Morgan fingerprint density at radius 2 is 2.08 bits per heavy atom.